The van der Waals surface area contributed by atoms with Crippen molar-refractivity contribution in [3.8, 4) is 0 Å². The van der Waals surface area contributed by atoms with Gasteiger partial charge in [-0.05, 0) is 37.3 Å². The average molecular weight is 359 g/mol. The van der Waals surface area contributed by atoms with Crippen LogP contribution in [0.5, 0.6) is 0 Å². The average Bonchev–Trinajstić information content (AvgIpc) is 2.62. The van der Waals surface area contributed by atoms with E-state index in [0.29, 0.717) is 5.02 Å². The summed E-state index contributed by atoms with van der Waals surface area (Å²) in [5.74, 6) is 0.000410. The fourth-order valence-electron chi connectivity index (χ4n) is 3.01. The summed E-state index contributed by atoms with van der Waals surface area (Å²) in [5, 5.41) is 3.56. The Morgan fingerprint density at radius 1 is 1.20 bits per heavy atom. The number of aromatic nitrogens is 1. The van der Waals surface area contributed by atoms with E-state index in [2.05, 4.69) is 20.1 Å². The van der Waals surface area contributed by atoms with E-state index < -0.39 is 0 Å². The molecule has 1 fully saturated rings. The van der Waals surface area contributed by atoms with Crippen molar-refractivity contribution in [1.82, 2.24) is 14.8 Å². The number of piperazine rings is 1. The summed E-state index contributed by atoms with van der Waals surface area (Å²) in [4.78, 5) is 21.4. The third-order valence-electron chi connectivity index (χ3n) is 4.54. The van der Waals surface area contributed by atoms with Crippen LogP contribution in [0.1, 0.15) is 12.6 Å². The second-order valence-electron chi connectivity index (χ2n) is 6.31. The van der Waals surface area contributed by atoms with Gasteiger partial charge in [-0.2, -0.15) is 0 Å². The Hall–Kier alpha value is -1.95. The van der Waals surface area contributed by atoms with Gasteiger partial charge in [0.25, 0.3) is 0 Å². The molecule has 1 amide bonds. The van der Waals surface area contributed by atoms with Gasteiger partial charge in [0.2, 0.25) is 5.91 Å². The molecule has 2 heterocycles. The molecule has 6 heteroatoms. The molecule has 1 aliphatic rings. The number of rotatable bonds is 5. The first-order chi connectivity index (χ1) is 12.1. The van der Waals surface area contributed by atoms with Crippen molar-refractivity contribution < 1.29 is 4.79 Å². The highest BCUT2D eigenvalue weighted by molar-refractivity contribution is 6.30. The Kier molecular flexibility index (Phi) is 6.02. The first-order valence-electron chi connectivity index (χ1n) is 8.54. The fourth-order valence-corrected chi connectivity index (χ4v) is 3.20. The van der Waals surface area contributed by atoms with Crippen molar-refractivity contribution in [3.05, 3.63) is 59.4 Å². The Bertz CT molecular complexity index is 702. The summed E-state index contributed by atoms with van der Waals surface area (Å²) in [6, 6.07) is 13.1. The molecule has 0 saturated carbocycles. The van der Waals surface area contributed by atoms with Crippen molar-refractivity contribution in [2.45, 2.75) is 19.5 Å². The molecule has 1 N–H and O–H groups in total. The highest BCUT2D eigenvalue weighted by Crippen LogP contribution is 2.16. The van der Waals surface area contributed by atoms with Crippen molar-refractivity contribution >= 4 is 23.2 Å². The summed E-state index contributed by atoms with van der Waals surface area (Å²) < 4.78 is 0. The largest absolute Gasteiger partial charge is 0.325 e. The number of hydrogen-bond acceptors (Lipinski definition) is 4. The van der Waals surface area contributed by atoms with Crippen LogP contribution in [0.2, 0.25) is 5.02 Å². The number of amides is 1. The van der Waals surface area contributed by atoms with E-state index in [1.807, 2.05) is 43.5 Å². The molecule has 1 aliphatic heterocycles. The van der Waals surface area contributed by atoms with Crippen LogP contribution in [0.4, 0.5) is 5.69 Å². The molecule has 5 nitrogen and oxygen atoms in total. The molecular weight excluding hydrogens is 336 g/mol. The number of halogens is 1. The minimum absolute atomic E-state index is 0.000410. The predicted molar refractivity (Wildman–Crippen MR) is 101 cm³/mol. The van der Waals surface area contributed by atoms with E-state index in [1.165, 1.54) is 0 Å². The maximum Gasteiger partial charge on any atom is 0.241 e. The monoisotopic (exact) mass is 358 g/mol. The van der Waals surface area contributed by atoms with Crippen LogP contribution in [0, 0.1) is 0 Å². The van der Waals surface area contributed by atoms with Gasteiger partial charge in [0.15, 0.2) is 0 Å². The molecule has 1 atom stereocenters. The molecule has 1 unspecified atom stereocenters. The van der Waals surface area contributed by atoms with E-state index in [9.17, 15) is 4.79 Å². The van der Waals surface area contributed by atoms with E-state index in [-0.39, 0.29) is 11.9 Å². The first kappa shape index (κ1) is 17.9. The number of carbonyl (C=O) groups is 1. The lowest BCUT2D eigenvalue weighted by molar-refractivity contribution is -0.121. The quantitative estimate of drug-likeness (QED) is 0.892. The zero-order valence-corrected chi connectivity index (χ0v) is 15.1. The zero-order chi connectivity index (χ0) is 17.6. The van der Waals surface area contributed by atoms with Crippen LogP contribution < -0.4 is 5.32 Å². The summed E-state index contributed by atoms with van der Waals surface area (Å²) in [5.41, 5.74) is 1.82. The SMILES string of the molecule is CC(C(=O)Nc1cccc(Cl)c1)N1CCN(Cc2ccccn2)CC1. The topological polar surface area (TPSA) is 48.5 Å². The molecule has 1 aromatic carbocycles. The molecule has 3 rings (SSSR count). The summed E-state index contributed by atoms with van der Waals surface area (Å²) in [7, 11) is 0. The van der Waals surface area contributed by atoms with Gasteiger partial charge in [-0.1, -0.05) is 23.7 Å². The predicted octanol–water partition coefficient (Wildman–Crippen LogP) is 2.88. The maximum atomic E-state index is 12.5. The Labute approximate surface area is 153 Å². The fraction of sp³-hybridized carbons (Fsp3) is 0.368. The third-order valence-corrected chi connectivity index (χ3v) is 4.77. The standard InChI is InChI=1S/C19H23ClN4O/c1-15(19(25)22-17-7-4-5-16(20)13-17)24-11-9-23(10-12-24)14-18-6-2-3-8-21-18/h2-8,13,15H,9-12,14H2,1H3,(H,22,25). The van der Waals surface area contributed by atoms with E-state index in [0.717, 1.165) is 44.1 Å². The summed E-state index contributed by atoms with van der Waals surface area (Å²) >= 11 is 5.97. The number of benzene rings is 1. The van der Waals surface area contributed by atoms with Crippen LogP contribution in [-0.2, 0) is 11.3 Å². The van der Waals surface area contributed by atoms with Crippen LogP contribution in [-0.4, -0.2) is 52.9 Å². The number of hydrogen-bond donors (Lipinski definition) is 1. The molecule has 0 spiro atoms. The van der Waals surface area contributed by atoms with E-state index >= 15 is 0 Å². The van der Waals surface area contributed by atoms with E-state index in [4.69, 9.17) is 11.6 Å². The molecular formula is C19H23ClN4O. The van der Waals surface area contributed by atoms with Gasteiger partial charge in [-0.15, -0.1) is 0 Å². The lowest BCUT2D eigenvalue weighted by atomic mass is 10.2. The van der Waals surface area contributed by atoms with Gasteiger partial charge < -0.3 is 5.32 Å². The van der Waals surface area contributed by atoms with Gasteiger partial charge in [0.1, 0.15) is 0 Å². The molecule has 2 aromatic rings. The van der Waals surface area contributed by atoms with Gasteiger partial charge in [-0.3, -0.25) is 19.6 Å². The highest BCUT2D eigenvalue weighted by Gasteiger charge is 2.25. The lowest BCUT2D eigenvalue weighted by Gasteiger charge is -2.37. The minimum Gasteiger partial charge on any atom is -0.325 e. The van der Waals surface area contributed by atoms with Crippen molar-refractivity contribution in [1.29, 1.82) is 0 Å². The van der Waals surface area contributed by atoms with Crippen LogP contribution in [0.15, 0.2) is 48.7 Å². The molecule has 132 valence electrons. The Morgan fingerprint density at radius 2 is 2.00 bits per heavy atom. The van der Waals surface area contributed by atoms with E-state index in [1.54, 1.807) is 12.1 Å². The molecule has 0 bridgehead atoms. The second kappa shape index (κ2) is 8.43. The van der Waals surface area contributed by atoms with Gasteiger partial charge in [0.05, 0.1) is 11.7 Å². The molecule has 0 radical (unpaired) electrons. The van der Waals surface area contributed by atoms with Crippen molar-refractivity contribution in [2.24, 2.45) is 0 Å². The number of nitrogens with zero attached hydrogens (tertiary/aromatic N) is 3. The smallest absolute Gasteiger partial charge is 0.241 e. The Morgan fingerprint density at radius 3 is 2.68 bits per heavy atom. The van der Waals surface area contributed by atoms with Gasteiger partial charge >= 0.3 is 0 Å². The molecule has 1 saturated heterocycles. The first-order valence-corrected chi connectivity index (χ1v) is 8.92. The maximum absolute atomic E-state index is 12.5. The highest BCUT2D eigenvalue weighted by atomic mass is 35.5. The minimum atomic E-state index is -0.170. The summed E-state index contributed by atoms with van der Waals surface area (Å²) in [6.07, 6.45) is 1.83. The number of carbonyl (C=O) groups excluding carboxylic acids is 1. The molecule has 0 aliphatic carbocycles. The molecule has 25 heavy (non-hydrogen) atoms. The van der Waals surface area contributed by atoms with Crippen molar-refractivity contribution in [3.63, 3.8) is 0 Å². The Balaban J connectivity index is 1.49. The van der Waals surface area contributed by atoms with Crippen LogP contribution in [0.3, 0.4) is 0 Å². The molecule has 1 aromatic heterocycles. The van der Waals surface area contributed by atoms with Crippen LogP contribution in [0.25, 0.3) is 0 Å². The third kappa shape index (κ3) is 5.01. The van der Waals surface area contributed by atoms with Gasteiger partial charge in [0, 0.05) is 49.6 Å². The normalized spacial score (nSPS) is 17.2. The van der Waals surface area contributed by atoms with Crippen molar-refractivity contribution in [2.75, 3.05) is 31.5 Å². The number of pyridine rings is 1. The van der Waals surface area contributed by atoms with Gasteiger partial charge in [-0.25, -0.2) is 0 Å². The zero-order valence-electron chi connectivity index (χ0n) is 14.4. The number of anilines is 1. The summed E-state index contributed by atoms with van der Waals surface area (Å²) in [6.45, 7) is 6.43. The second-order valence-corrected chi connectivity index (χ2v) is 6.75. The lowest BCUT2D eigenvalue weighted by Crippen LogP contribution is -2.52. The number of nitrogens with one attached hydrogen (secondary N) is 1. The van der Waals surface area contributed by atoms with Crippen LogP contribution >= 0.6 is 11.6 Å².